The summed E-state index contributed by atoms with van der Waals surface area (Å²) in [5, 5.41) is 0. The topological polar surface area (TPSA) is 0 Å². The highest BCUT2D eigenvalue weighted by Gasteiger charge is 2.32. The minimum atomic E-state index is -4.37. The van der Waals surface area contributed by atoms with E-state index in [4.69, 9.17) is 0 Å². The van der Waals surface area contributed by atoms with Gasteiger partial charge in [-0.1, -0.05) is 31.4 Å². The highest BCUT2D eigenvalue weighted by atomic mass is 32.1. The van der Waals surface area contributed by atoms with Crippen LogP contribution in [0.4, 0.5) is 17.6 Å². The highest BCUT2D eigenvalue weighted by molar-refractivity contribution is 7.15. The predicted octanol–water partition coefficient (Wildman–Crippen LogP) is 6.62. The van der Waals surface area contributed by atoms with Crippen LogP contribution in [-0.4, -0.2) is 0 Å². The molecule has 1 aliphatic rings. The van der Waals surface area contributed by atoms with Crippen LogP contribution < -0.4 is 0 Å². The monoisotopic (exact) mass is 328 g/mol. The summed E-state index contributed by atoms with van der Waals surface area (Å²) in [6.45, 7) is 0. The van der Waals surface area contributed by atoms with Crippen molar-refractivity contribution in [1.29, 1.82) is 0 Å². The summed E-state index contributed by atoms with van der Waals surface area (Å²) in [7, 11) is 0. The van der Waals surface area contributed by atoms with Gasteiger partial charge in [-0.25, -0.2) is 4.39 Å². The largest absolute Gasteiger partial charge is 0.425 e. The molecule has 0 spiro atoms. The first-order valence-corrected chi connectivity index (χ1v) is 8.23. The van der Waals surface area contributed by atoms with Crippen molar-refractivity contribution < 1.29 is 17.6 Å². The molecule has 1 heterocycles. The van der Waals surface area contributed by atoms with Gasteiger partial charge in [0.25, 0.3) is 0 Å². The first-order valence-electron chi connectivity index (χ1n) is 7.42. The van der Waals surface area contributed by atoms with Crippen LogP contribution in [0.15, 0.2) is 30.3 Å². The molecular weight excluding hydrogens is 312 g/mol. The van der Waals surface area contributed by atoms with Crippen LogP contribution in [0.2, 0.25) is 0 Å². The Morgan fingerprint density at radius 3 is 2.27 bits per heavy atom. The summed E-state index contributed by atoms with van der Waals surface area (Å²) in [5.41, 5.74) is 1.22. The lowest BCUT2D eigenvalue weighted by Crippen LogP contribution is -2.04. The molecule has 1 fully saturated rings. The third-order valence-electron chi connectivity index (χ3n) is 4.22. The summed E-state index contributed by atoms with van der Waals surface area (Å²) < 4.78 is 52.2. The molecule has 0 aliphatic heterocycles. The SMILES string of the molecule is Fc1cc(C2CCCCC2)ccc1-c1ccc(C(F)(F)F)s1. The molecule has 0 atom stereocenters. The standard InChI is InChI=1S/C17H16F4S/c18-14-10-12(11-4-2-1-3-5-11)6-7-13(14)15-8-9-16(22-15)17(19,20)21/h6-11H,1-5H2. The Balaban J connectivity index is 1.87. The predicted molar refractivity (Wildman–Crippen MR) is 80.5 cm³/mol. The van der Waals surface area contributed by atoms with Crippen molar-refractivity contribution in [2.75, 3.05) is 0 Å². The minimum absolute atomic E-state index is 0.250. The van der Waals surface area contributed by atoms with Crippen molar-refractivity contribution in [1.82, 2.24) is 0 Å². The first-order chi connectivity index (χ1) is 10.4. The molecule has 0 bridgehead atoms. The molecule has 0 unspecified atom stereocenters. The second-order valence-electron chi connectivity index (χ2n) is 5.74. The second kappa shape index (κ2) is 6.03. The van der Waals surface area contributed by atoms with E-state index in [2.05, 4.69) is 0 Å². The second-order valence-corrected chi connectivity index (χ2v) is 6.82. The summed E-state index contributed by atoms with van der Waals surface area (Å²) in [6.07, 6.45) is 1.31. The lowest BCUT2D eigenvalue weighted by atomic mass is 9.84. The molecule has 2 aromatic rings. The fraction of sp³-hybridized carbons (Fsp3) is 0.412. The molecule has 1 aliphatic carbocycles. The van der Waals surface area contributed by atoms with E-state index in [-0.39, 0.29) is 5.56 Å². The van der Waals surface area contributed by atoms with Crippen LogP contribution >= 0.6 is 11.3 Å². The van der Waals surface area contributed by atoms with Gasteiger partial charge in [-0.3, -0.25) is 0 Å². The van der Waals surface area contributed by atoms with Crippen LogP contribution in [0.3, 0.4) is 0 Å². The summed E-state index contributed by atoms with van der Waals surface area (Å²) in [4.78, 5) is -0.377. The van der Waals surface area contributed by atoms with E-state index in [0.717, 1.165) is 37.3 Å². The molecule has 0 N–H and O–H groups in total. The number of alkyl halides is 3. The number of thiophene rings is 1. The Labute approximate surface area is 130 Å². The molecule has 5 heteroatoms. The lowest BCUT2D eigenvalue weighted by molar-refractivity contribution is -0.134. The zero-order valence-electron chi connectivity index (χ0n) is 11.9. The van der Waals surface area contributed by atoms with Crippen molar-refractivity contribution in [2.24, 2.45) is 0 Å². The van der Waals surface area contributed by atoms with Crippen molar-refractivity contribution >= 4 is 11.3 Å². The minimum Gasteiger partial charge on any atom is -0.206 e. The average Bonchev–Trinajstić information content (AvgIpc) is 2.98. The van der Waals surface area contributed by atoms with Gasteiger partial charge in [0.15, 0.2) is 0 Å². The van der Waals surface area contributed by atoms with Crippen molar-refractivity contribution in [3.63, 3.8) is 0 Å². The van der Waals surface area contributed by atoms with Gasteiger partial charge in [-0.2, -0.15) is 13.2 Å². The molecule has 0 amide bonds. The van der Waals surface area contributed by atoms with Gasteiger partial charge in [-0.05, 0) is 42.5 Å². The zero-order valence-corrected chi connectivity index (χ0v) is 12.7. The Kier molecular flexibility index (Phi) is 4.26. The summed E-state index contributed by atoms with van der Waals surface area (Å²) in [5.74, 6) is -0.0509. The smallest absolute Gasteiger partial charge is 0.206 e. The molecule has 0 nitrogen and oxygen atoms in total. The molecule has 1 aromatic heterocycles. The molecule has 0 saturated heterocycles. The van der Waals surface area contributed by atoms with E-state index in [1.807, 2.05) is 6.07 Å². The molecule has 1 saturated carbocycles. The van der Waals surface area contributed by atoms with Crippen LogP contribution in [-0.2, 0) is 6.18 Å². The third-order valence-corrected chi connectivity index (χ3v) is 5.38. The van der Waals surface area contributed by atoms with E-state index < -0.39 is 16.9 Å². The van der Waals surface area contributed by atoms with Crippen molar-refractivity contribution in [3.05, 3.63) is 46.6 Å². The maximum atomic E-state index is 14.3. The van der Waals surface area contributed by atoms with Crippen LogP contribution in [0, 0.1) is 5.82 Å². The summed E-state index contributed by atoms with van der Waals surface area (Å²) >= 11 is 0.584. The van der Waals surface area contributed by atoms with E-state index in [1.54, 1.807) is 6.07 Å². The molecule has 1 aromatic carbocycles. The van der Waals surface area contributed by atoms with Crippen LogP contribution in [0.5, 0.6) is 0 Å². The maximum Gasteiger partial charge on any atom is 0.425 e. The summed E-state index contributed by atoms with van der Waals surface area (Å²) in [6, 6.07) is 7.33. The molecule has 0 radical (unpaired) electrons. The van der Waals surface area contributed by atoms with Crippen molar-refractivity contribution in [3.8, 4) is 10.4 Å². The molecule has 118 valence electrons. The van der Waals surface area contributed by atoms with Gasteiger partial charge in [0.05, 0.1) is 0 Å². The zero-order chi connectivity index (χ0) is 15.7. The van der Waals surface area contributed by atoms with Gasteiger partial charge in [0.2, 0.25) is 0 Å². The number of benzene rings is 1. The quantitative estimate of drug-likeness (QED) is 0.543. The maximum absolute atomic E-state index is 14.3. The van der Waals surface area contributed by atoms with Gasteiger partial charge in [-0.15, -0.1) is 11.3 Å². The van der Waals surface area contributed by atoms with Gasteiger partial charge in [0.1, 0.15) is 10.7 Å². The number of halogens is 4. The normalized spacial score (nSPS) is 16.9. The first kappa shape index (κ1) is 15.5. The number of hydrogen-bond acceptors (Lipinski definition) is 1. The number of hydrogen-bond donors (Lipinski definition) is 0. The van der Waals surface area contributed by atoms with Crippen LogP contribution in [0.1, 0.15) is 48.5 Å². The number of rotatable bonds is 2. The van der Waals surface area contributed by atoms with Gasteiger partial charge >= 0.3 is 6.18 Å². The average molecular weight is 328 g/mol. The van der Waals surface area contributed by atoms with E-state index in [0.29, 0.717) is 22.1 Å². The Morgan fingerprint density at radius 2 is 1.68 bits per heavy atom. The lowest BCUT2D eigenvalue weighted by Gasteiger charge is -2.22. The molecular formula is C17H16F4S. The van der Waals surface area contributed by atoms with Gasteiger partial charge in [0, 0.05) is 10.4 Å². The Bertz CT molecular complexity index is 651. The van der Waals surface area contributed by atoms with E-state index in [1.165, 1.54) is 18.6 Å². The Hall–Kier alpha value is -1.36. The Morgan fingerprint density at radius 1 is 0.955 bits per heavy atom. The van der Waals surface area contributed by atoms with Crippen molar-refractivity contribution in [2.45, 2.75) is 44.2 Å². The van der Waals surface area contributed by atoms with E-state index >= 15 is 0 Å². The third kappa shape index (κ3) is 3.19. The fourth-order valence-electron chi connectivity index (χ4n) is 3.06. The molecule has 3 rings (SSSR count). The van der Waals surface area contributed by atoms with E-state index in [9.17, 15) is 17.6 Å². The fourth-order valence-corrected chi connectivity index (χ4v) is 3.96. The molecule has 22 heavy (non-hydrogen) atoms. The van der Waals surface area contributed by atoms with Gasteiger partial charge < -0.3 is 0 Å². The van der Waals surface area contributed by atoms with Crippen LogP contribution in [0.25, 0.3) is 10.4 Å². The highest BCUT2D eigenvalue weighted by Crippen LogP contribution is 2.40.